The van der Waals surface area contributed by atoms with Crippen LogP contribution >= 0.6 is 0 Å². The van der Waals surface area contributed by atoms with Crippen LogP contribution in [-0.2, 0) is 16.1 Å². The Labute approximate surface area is 122 Å². The molecule has 0 saturated heterocycles. The van der Waals surface area contributed by atoms with Crippen LogP contribution in [0.15, 0.2) is 30.5 Å². The molecule has 1 aromatic carbocycles. The molecule has 2 aromatic rings. The summed E-state index contributed by atoms with van der Waals surface area (Å²) in [4.78, 5) is 23.1. The molecule has 112 valence electrons. The summed E-state index contributed by atoms with van der Waals surface area (Å²) in [5.41, 5.74) is 1.39. The molecule has 2 N–H and O–H groups in total. The minimum Gasteiger partial charge on any atom is -0.480 e. The molecule has 0 saturated carbocycles. The Kier molecular flexibility index (Phi) is 4.59. The Bertz CT molecular complexity index is 663. The van der Waals surface area contributed by atoms with Crippen molar-refractivity contribution in [2.24, 2.45) is 0 Å². The highest BCUT2D eigenvalue weighted by Gasteiger charge is 2.19. The number of carbonyl (C=O) groups excluding carboxylic acids is 1. The Balaban J connectivity index is 2.35. The minimum absolute atomic E-state index is 0.391. The summed E-state index contributed by atoms with van der Waals surface area (Å²) in [6.07, 6.45) is 1.73. The molecule has 0 spiro atoms. The number of carboxylic acids is 1. The molecule has 2 rings (SSSR count). The molecule has 21 heavy (non-hydrogen) atoms. The van der Waals surface area contributed by atoms with Gasteiger partial charge in [-0.05, 0) is 13.0 Å². The average molecular weight is 290 g/mol. The van der Waals surface area contributed by atoms with E-state index < -0.39 is 17.9 Å². The first-order valence-corrected chi connectivity index (χ1v) is 6.65. The van der Waals surface area contributed by atoms with Crippen LogP contribution in [0.1, 0.15) is 17.3 Å². The van der Waals surface area contributed by atoms with Crippen LogP contribution < -0.4 is 5.32 Å². The van der Waals surface area contributed by atoms with Gasteiger partial charge in [-0.2, -0.15) is 0 Å². The molecule has 1 aromatic heterocycles. The fraction of sp³-hybridized carbons (Fsp3) is 0.333. The summed E-state index contributed by atoms with van der Waals surface area (Å²) in [5, 5.41) is 12.1. The van der Waals surface area contributed by atoms with Gasteiger partial charge >= 0.3 is 5.97 Å². The highest BCUT2D eigenvalue weighted by molar-refractivity contribution is 6.07. The zero-order valence-electron chi connectivity index (χ0n) is 12.0. The van der Waals surface area contributed by atoms with Crippen molar-refractivity contribution in [3.05, 3.63) is 36.0 Å². The summed E-state index contributed by atoms with van der Waals surface area (Å²) in [6.45, 7) is 2.59. The second kappa shape index (κ2) is 6.41. The monoisotopic (exact) mass is 290 g/mol. The van der Waals surface area contributed by atoms with Gasteiger partial charge < -0.3 is 19.7 Å². The van der Waals surface area contributed by atoms with Crippen molar-refractivity contribution in [1.29, 1.82) is 0 Å². The van der Waals surface area contributed by atoms with Crippen molar-refractivity contribution in [2.45, 2.75) is 19.5 Å². The van der Waals surface area contributed by atoms with Gasteiger partial charge in [0.15, 0.2) is 0 Å². The second-order valence-electron chi connectivity index (χ2n) is 4.78. The van der Waals surface area contributed by atoms with Gasteiger partial charge in [0.1, 0.15) is 6.04 Å². The van der Waals surface area contributed by atoms with Crippen LogP contribution in [0.5, 0.6) is 0 Å². The lowest BCUT2D eigenvalue weighted by atomic mass is 10.1. The molecule has 1 atom stereocenters. The highest BCUT2D eigenvalue weighted by Crippen LogP contribution is 2.21. The number of para-hydroxylation sites is 1. The normalized spacial score (nSPS) is 12.3. The Morgan fingerprint density at radius 2 is 2.10 bits per heavy atom. The fourth-order valence-corrected chi connectivity index (χ4v) is 2.14. The lowest BCUT2D eigenvalue weighted by Gasteiger charge is -2.08. The molecule has 0 radical (unpaired) electrons. The highest BCUT2D eigenvalue weighted by atomic mass is 16.5. The summed E-state index contributed by atoms with van der Waals surface area (Å²) in [5.74, 6) is -1.45. The summed E-state index contributed by atoms with van der Waals surface area (Å²) in [6, 6.07) is 6.58. The number of nitrogens with zero attached hydrogens (tertiary/aromatic N) is 1. The van der Waals surface area contributed by atoms with E-state index in [0.29, 0.717) is 18.7 Å². The van der Waals surface area contributed by atoms with Gasteiger partial charge in [-0.15, -0.1) is 0 Å². The van der Waals surface area contributed by atoms with E-state index in [4.69, 9.17) is 9.84 Å². The van der Waals surface area contributed by atoms with Crippen LogP contribution in [0.4, 0.5) is 0 Å². The van der Waals surface area contributed by atoms with Crippen LogP contribution in [0.2, 0.25) is 0 Å². The number of hydrogen-bond acceptors (Lipinski definition) is 3. The zero-order valence-corrected chi connectivity index (χ0v) is 12.0. The molecule has 0 bridgehead atoms. The molecule has 6 heteroatoms. The van der Waals surface area contributed by atoms with Gasteiger partial charge in [0.05, 0.1) is 12.2 Å². The number of ether oxygens (including phenoxy) is 1. The average Bonchev–Trinajstić information content (AvgIpc) is 2.84. The third-order valence-corrected chi connectivity index (χ3v) is 3.29. The molecule has 0 aliphatic carbocycles. The molecule has 0 aliphatic rings. The van der Waals surface area contributed by atoms with E-state index in [1.54, 1.807) is 13.3 Å². The molecule has 1 unspecified atom stereocenters. The Hall–Kier alpha value is -2.34. The van der Waals surface area contributed by atoms with E-state index in [1.165, 1.54) is 6.92 Å². The number of benzene rings is 1. The van der Waals surface area contributed by atoms with E-state index in [9.17, 15) is 9.59 Å². The largest absolute Gasteiger partial charge is 0.480 e. The molecular weight excluding hydrogens is 272 g/mol. The van der Waals surface area contributed by atoms with E-state index >= 15 is 0 Å². The summed E-state index contributed by atoms with van der Waals surface area (Å²) >= 11 is 0. The zero-order chi connectivity index (χ0) is 15.4. The van der Waals surface area contributed by atoms with Gasteiger partial charge in [-0.3, -0.25) is 9.59 Å². The van der Waals surface area contributed by atoms with Crippen molar-refractivity contribution < 1.29 is 19.4 Å². The van der Waals surface area contributed by atoms with Crippen molar-refractivity contribution in [3.8, 4) is 0 Å². The number of hydrogen-bond donors (Lipinski definition) is 2. The smallest absolute Gasteiger partial charge is 0.325 e. The van der Waals surface area contributed by atoms with Gasteiger partial charge in [-0.1, -0.05) is 18.2 Å². The Morgan fingerprint density at radius 1 is 1.38 bits per heavy atom. The summed E-state index contributed by atoms with van der Waals surface area (Å²) in [7, 11) is 1.62. The fourth-order valence-electron chi connectivity index (χ4n) is 2.14. The molecule has 0 fully saturated rings. The number of nitrogens with one attached hydrogen (secondary N) is 1. The molecular formula is C15H18N2O4. The number of aromatic nitrogens is 1. The second-order valence-corrected chi connectivity index (χ2v) is 4.78. The maximum Gasteiger partial charge on any atom is 0.325 e. The summed E-state index contributed by atoms with van der Waals surface area (Å²) < 4.78 is 6.99. The quantitative estimate of drug-likeness (QED) is 0.844. The third-order valence-electron chi connectivity index (χ3n) is 3.29. The third kappa shape index (κ3) is 3.22. The number of carboxylic acid groups (broad SMARTS) is 1. The maximum atomic E-state index is 12.2. The van der Waals surface area contributed by atoms with Crippen molar-refractivity contribution in [2.75, 3.05) is 13.7 Å². The number of aliphatic carboxylic acids is 1. The van der Waals surface area contributed by atoms with Crippen LogP contribution in [0.3, 0.4) is 0 Å². The van der Waals surface area contributed by atoms with Gasteiger partial charge in [-0.25, -0.2) is 0 Å². The van der Waals surface area contributed by atoms with E-state index in [1.807, 2.05) is 28.8 Å². The topological polar surface area (TPSA) is 80.6 Å². The lowest BCUT2D eigenvalue weighted by molar-refractivity contribution is -0.138. The predicted octanol–water partition coefficient (Wildman–Crippen LogP) is 1.49. The predicted molar refractivity (Wildman–Crippen MR) is 78.4 cm³/mol. The molecule has 6 nitrogen and oxygen atoms in total. The van der Waals surface area contributed by atoms with Crippen LogP contribution in [0, 0.1) is 0 Å². The van der Waals surface area contributed by atoms with Crippen LogP contribution in [0.25, 0.3) is 10.9 Å². The molecule has 1 heterocycles. The molecule has 1 amide bonds. The number of carbonyl (C=O) groups is 2. The lowest BCUT2D eigenvalue weighted by Crippen LogP contribution is -2.38. The van der Waals surface area contributed by atoms with Gasteiger partial charge in [0.2, 0.25) is 0 Å². The maximum absolute atomic E-state index is 12.2. The van der Waals surface area contributed by atoms with Crippen LogP contribution in [-0.4, -0.2) is 41.3 Å². The van der Waals surface area contributed by atoms with Crippen molar-refractivity contribution in [1.82, 2.24) is 9.88 Å². The first kappa shape index (κ1) is 15.1. The van der Waals surface area contributed by atoms with E-state index in [-0.39, 0.29) is 0 Å². The molecule has 0 aliphatic heterocycles. The number of fused-ring (bicyclic) bond motifs is 1. The number of amides is 1. The van der Waals surface area contributed by atoms with E-state index in [2.05, 4.69) is 5.32 Å². The number of methoxy groups -OCH3 is 1. The van der Waals surface area contributed by atoms with E-state index in [0.717, 1.165) is 10.9 Å². The van der Waals surface area contributed by atoms with Crippen molar-refractivity contribution in [3.63, 3.8) is 0 Å². The number of rotatable bonds is 6. The first-order valence-electron chi connectivity index (χ1n) is 6.65. The van der Waals surface area contributed by atoms with Gasteiger partial charge in [0.25, 0.3) is 5.91 Å². The van der Waals surface area contributed by atoms with Crippen molar-refractivity contribution >= 4 is 22.8 Å². The Morgan fingerprint density at radius 3 is 2.76 bits per heavy atom. The first-order chi connectivity index (χ1) is 10.0. The SMILES string of the molecule is COCCn1cc(C(=O)NC(C)C(=O)O)c2ccccc21. The van der Waals surface area contributed by atoms with Gasteiger partial charge in [0, 0.05) is 30.8 Å². The standard InChI is InChI=1S/C15H18N2O4/c1-10(15(19)20)16-14(18)12-9-17(7-8-21-2)13-6-4-3-5-11(12)13/h3-6,9-10H,7-8H2,1-2H3,(H,16,18)(H,19,20). The minimum atomic E-state index is -1.06.